The lowest BCUT2D eigenvalue weighted by atomic mass is 9.65. The summed E-state index contributed by atoms with van der Waals surface area (Å²) in [5.74, 6) is -0.716. The number of carbonyl (C=O) groups excluding carboxylic acids is 2. The monoisotopic (exact) mass is 503 g/mol. The van der Waals surface area contributed by atoms with Gasteiger partial charge in [-0.2, -0.15) is 5.10 Å². The van der Waals surface area contributed by atoms with Gasteiger partial charge in [-0.05, 0) is 54.7 Å². The van der Waals surface area contributed by atoms with Gasteiger partial charge in [0.2, 0.25) is 0 Å². The summed E-state index contributed by atoms with van der Waals surface area (Å²) in [4.78, 5) is 27.0. The third-order valence-electron chi connectivity index (χ3n) is 6.85. The summed E-state index contributed by atoms with van der Waals surface area (Å²) < 4.78 is 6.90. The summed E-state index contributed by atoms with van der Waals surface area (Å²) in [7, 11) is 0. The van der Waals surface area contributed by atoms with Crippen LogP contribution in [0.4, 0.5) is 0 Å². The van der Waals surface area contributed by atoms with Gasteiger partial charge in [0.15, 0.2) is 6.61 Å². The van der Waals surface area contributed by atoms with E-state index in [1.54, 1.807) is 10.8 Å². The highest BCUT2D eigenvalue weighted by Gasteiger charge is 2.50. The lowest BCUT2D eigenvalue weighted by Crippen LogP contribution is -2.39. The van der Waals surface area contributed by atoms with Crippen molar-refractivity contribution in [1.29, 1.82) is 0 Å². The number of esters is 1. The number of ether oxygens (including phenoxy) is 1. The molecule has 1 aromatic carbocycles. The largest absolute Gasteiger partial charge is 0.452 e. The molecule has 2 fully saturated rings. The van der Waals surface area contributed by atoms with E-state index in [-0.39, 0.29) is 29.4 Å². The van der Waals surface area contributed by atoms with Gasteiger partial charge in [0, 0.05) is 29.2 Å². The highest BCUT2D eigenvalue weighted by Crippen LogP contribution is 2.52. The number of likely N-dealkylation sites (tertiary alicyclic amines) is 1. The molecule has 1 amide bonds. The van der Waals surface area contributed by atoms with Crippen molar-refractivity contribution in [2.45, 2.75) is 59.5 Å². The Hall–Kier alpha value is -2.31. The third-order valence-corrected chi connectivity index (χ3v) is 7.61. The molecule has 2 bridgehead atoms. The normalized spacial score (nSPS) is 23.5. The molecule has 1 aromatic heterocycles. The molecule has 34 heavy (non-hydrogen) atoms. The van der Waals surface area contributed by atoms with Crippen LogP contribution in [0, 0.1) is 17.8 Å². The number of hydrogen-bond acceptors (Lipinski definition) is 4. The predicted octanol–water partition coefficient (Wildman–Crippen LogP) is 5.53. The van der Waals surface area contributed by atoms with Crippen LogP contribution in [0.1, 0.15) is 56.9 Å². The molecule has 0 N–H and O–H groups in total. The summed E-state index contributed by atoms with van der Waals surface area (Å²) in [5.41, 5.74) is 2.56. The zero-order valence-electron chi connectivity index (χ0n) is 20.1. The first kappa shape index (κ1) is 24.8. The Kier molecular flexibility index (Phi) is 6.85. The van der Waals surface area contributed by atoms with Gasteiger partial charge in [0.05, 0.1) is 12.2 Å². The molecule has 2 atom stereocenters. The van der Waals surface area contributed by atoms with Crippen LogP contribution in [-0.2, 0) is 20.9 Å². The molecular weight excluding hydrogens is 473 g/mol. The van der Waals surface area contributed by atoms with Crippen molar-refractivity contribution >= 4 is 41.2 Å². The minimum absolute atomic E-state index is 0.130. The summed E-state index contributed by atoms with van der Waals surface area (Å²) in [6.07, 6.45) is 5.97. The molecule has 182 valence electrons. The van der Waals surface area contributed by atoms with Gasteiger partial charge < -0.3 is 9.64 Å². The van der Waals surface area contributed by atoms with Gasteiger partial charge in [0.25, 0.3) is 5.91 Å². The first-order valence-corrected chi connectivity index (χ1v) is 12.3. The van der Waals surface area contributed by atoms with Gasteiger partial charge in [-0.1, -0.05) is 62.2 Å². The van der Waals surface area contributed by atoms with E-state index in [2.05, 4.69) is 25.9 Å². The second-order valence-corrected chi connectivity index (χ2v) is 11.5. The molecule has 2 aromatic rings. The number of halogens is 2. The maximum atomic E-state index is 12.8. The Morgan fingerprint density at radius 1 is 1.21 bits per heavy atom. The molecule has 1 saturated carbocycles. The Bertz CT molecular complexity index is 1140. The molecule has 4 rings (SSSR count). The molecule has 2 unspecified atom stereocenters. The van der Waals surface area contributed by atoms with Crippen LogP contribution >= 0.6 is 23.2 Å². The number of fused-ring (bicyclic) bond motifs is 2. The highest BCUT2D eigenvalue weighted by atomic mass is 35.5. The van der Waals surface area contributed by atoms with E-state index in [1.807, 2.05) is 36.1 Å². The molecular formula is C26H31Cl2N3O3. The quantitative estimate of drug-likeness (QED) is 0.383. The number of nitrogens with zero attached hydrogens (tertiary/aromatic N) is 3. The molecule has 1 aliphatic carbocycles. The fraction of sp³-hybridized carbons (Fsp3) is 0.500. The maximum Gasteiger partial charge on any atom is 0.331 e. The van der Waals surface area contributed by atoms with Crippen LogP contribution in [0.2, 0.25) is 10.2 Å². The Morgan fingerprint density at radius 2 is 1.94 bits per heavy atom. The molecule has 0 spiro atoms. The molecule has 8 heteroatoms. The lowest BCUT2D eigenvalue weighted by molar-refractivity contribution is -0.148. The zero-order valence-corrected chi connectivity index (χ0v) is 21.6. The number of carbonyl (C=O) groups is 2. The summed E-state index contributed by atoms with van der Waals surface area (Å²) in [6.45, 7) is 9.48. The van der Waals surface area contributed by atoms with E-state index >= 15 is 0 Å². The van der Waals surface area contributed by atoms with Crippen molar-refractivity contribution in [3.8, 4) is 0 Å². The number of amides is 1. The molecule has 2 aliphatic rings. The first-order chi connectivity index (χ1) is 16.0. The van der Waals surface area contributed by atoms with Gasteiger partial charge in [-0.3, -0.25) is 4.79 Å². The highest BCUT2D eigenvalue weighted by molar-refractivity contribution is 6.32. The number of aromatic nitrogens is 2. The van der Waals surface area contributed by atoms with Gasteiger partial charge in [-0.15, -0.1) is 0 Å². The smallest absolute Gasteiger partial charge is 0.331 e. The summed E-state index contributed by atoms with van der Waals surface area (Å²) in [6, 6.07) is 7.72. The molecule has 1 aliphatic heterocycles. The fourth-order valence-corrected chi connectivity index (χ4v) is 6.31. The summed E-state index contributed by atoms with van der Waals surface area (Å²) >= 11 is 12.8. The maximum absolute atomic E-state index is 12.8. The van der Waals surface area contributed by atoms with E-state index in [0.717, 1.165) is 31.4 Å². The average Bonchev–Trinajstić information content (AvgIpc) is 3.16. The van der Waals surface area contributed by atoms with Gasteiger partial charge in [0.1, 0.15) is 5.15 Å². The average molecular weight is 504 g/mol. The fourth-order valence-electron chi connectivity index (χ4n) is 5.82. The molecule has 6 nitrogen and oxygen atoms in total. The van der Waals surface area contributed by atoms with Gasteiger partial charge >= 0.3 is 5.97 Å². The SMILES string of the molecule is Cc1nn(Cc2ccccc2Cl)c(Cl)c1C=CC(=O)OCC(=O)N1CC2(C)CC1CC(C)(C)C2. The molecule has 2 heterocycles. The first-order valence-electron chi connectivity index (χ1n) is 11.6. The third kappa shape index (κ3) is 5.33. The van der Waals surface area contributed by atoms with E-state index in [1.165, 1.54) is 6.08 Å². The minimum Gasteiger partial charge on any atom is -0.452 e. The van der Waals surface area contributed by atoms with Crippen LogP contribution in [0.25, 0.3) is 6.08 Å². The Morgan fingerprint density at radius 3 is 2.68 bits per heavy atom. The van der Waals surface area contributed by atoms with Crippen LogP contribution in [0.15, 0.2) is 30.3 Å². The minimum atomic E-state index is -0.587. The van der Waals surface area contributed by atoms with Crippen molar-refractivity contribution in [1.82, 2.24) is 14.7 Å². The standard InChI is InChI=1S/C26H31Cl2N3O3/c1-17-20(24(28)31(29-17)13-18-7-5-6-8-21(18)27)9-10-23(33)34-14-22(32)30-16-26(4)12-19(30)11-25(2,3)15-26/h5-10,19H,11-16H2,1-4H3. The van der Waals surface area contributed by atoms with Gasteiger partial charge in [-0.25, -0.2) is 9.48 Å². The van der Waals surface area contributed by atoms with Crippen molar-refractivity contribution in [3.63, 3.8) is 0 Å². The second-order valence-electron chi connectivity index (χ2n) is 10.7. The van der Waals surface area contributed by atoms with Crippen molar-refractivity contribution in [3.05, 3.63) is 57.3 Å². The summed E-state index contributed by atoms with van der Waals surface area (Å²) in [5, 5.41) is 5.50. The van der Waals surface area contributed by atoms with E-state index in [9.17, 15) is 9.59 Å². The number of benzene rings is 1. The molecule has 1 saturated heterocycles. The van der Waals surface area contributed by atoms with Crippen molar-refractivity contribution < 1.29 is 14.3 Å². The van der Waals surface area contributed by atoms with Crippen LogP contribution in [0.5, 0.6) is 0 Å². The predicted molar refractivity (Wildman–Crippen MR) is 134 cm³/mol. The Balaban J connectivity index is 1.35. The van der Waals surface area contributed by atoms with Crippen LogP contribution in [0.3, 0.4) is 0 Å². The van der Waals surface area contributed by atoms with Crippen LogP contribution in [-0.4, -0.2) is 45.8 Å². The van der Waals surface area contributed by atoms with E-state index < -0.39 is 5.97 Å². The number of rotatable bonds is 6. The Labute approximate surface area is 210 Å². The second kappa shape index (κ2) is 9.38. The molecule has 0 radical (unpaired) electrons. The zero-order chi connectivity index (χ0) is 24.7. The lowest BCUT2D eigenvalue weighted by Gasteiger charge is -2.39. The number of aryl methyl sites for hydroxylation is 1. The van der Waals surface area contributed by atoms with E-state index in [0.29, 0.717) is 28.0 Å². The van der Waals surface area contributed by atoms with Crippen molar-refractivity contribution in [2.24, 2.45) is 10.8 Å². The van der Waals surface area contributed by atoms with Crippen molar-refractivity contribution in [2.75, 3.05) is 13.2 Å². The van der Waals surface area contributed by atoms with E-state index in [4.69, 9.17) is 27.9 Å². The van der Waals surface area contributed by atoms with Crippen LogP contribution < -0.4 is 0 Å². The number of hydrogen-bond donors (Lipinski definition) is 0. The topological polar surface area (TPSA) is 64.4 Å².